The highest BCUT2D eigenvalue weighted by Gasteiger charge is 2.23. The highest BCUT2D eigenvalue weighted by molar-refractivity contribution is 7.91. The van der Waals surface area contributed by atoms with Gasteiger partial charge in [0.2, 0.25) is 0 Å². The Balaban J connectivity index is 1.94. The standard InChI is InChI=1S/C15H22FNO2S/c1-12-10-17(7-8-20(18,19)11-12)6-5-14-3-4-15(16)13(2)9-14/h3-4,9,12H,5-8,10-11H2,1-2H3. The fourth-order valence-corrected chi connectivity index (χ4v) is 4.40. The number of hydrogen-bond acceptors (Lipinski definition) is 3. The maximum Gasteiger partial charge on any atom is 0.151 e. The van der Waals surface area contributed by atoms with E-state index in [9.17, 15) is 12.8 Å². The molecule has 0 bridgehead atoms. The van der Waals surface area contributed by atoms with Gasteiger partial charge in [-0.3, -0.25) is 0 Å². The summed E-state index contributed by atoms with van der Waals surface area (Å²) < 4.78 is 36.6. The van der Waals surface area contributed by atoms with E-state index in [0.717, 1.165) is 25.1 Å². The number of rotatable bonds is 3. The van der Waals surface area contributed by atoms with E-state index >= 15 is 0 Å². The van der Waals surface area contributed by atoms with Crippen molar-refractivity contribution < 1.29 is 12.8 Å². The van der Waals surface area contributed by atoms with Crippen molar-refractivity contribution in [1.29, 1.82) is 0 Å². The molecule has 0 N–H and O–H groups in total. The maximum absolute atomic E-state index is 13.2. The number of sulfone groups is 1. The second kappa shape index (κ2) is 6.22. The molecule has 0 radical (unpaired) electrons. The zero-order chi connectivity index (χ0) is 14.8. The summed E-state index contributed by atoms with van der Waals surface area (Å²) in [6, 6.07) is 5.17. The molecule has 0 spiro atoms. The van der Waals surface area contributed by atoms with E-state index in [1.807, 2.05) is 13.0 Å². The van der Waals surface area contributed by atoms with Crippen molar-refractivity contribution in [2.45, 2.75) is 20.3 Å². The van der Waals surface area contributed by atoms with Crippen LogP contribution in [-0.2, 0) is 16.3 Å². The van der Waals surface area contributed by atoms with Gasteiger partial charge in [0.1, 0.15) is 5.82 Å². The van der Waals surface area contributed by atoms with Gasteiger partial charge in [-0.15, -0.1) is 0 Å². The Bertz CT molecular complexity index is 571. The second-order valence-electron chi connectivity index (χ2n) is 5.85. The molecule has 0 aliphatic carbocycles. The number of nitrogens with zero attached hydrogens (tertiary/aromatic N) is 1. The highest BCUT2D eigenvalue weighted by atomic mass is 32.2. The Morgan fingerprint density at radius 3 is 2.85 bits per heavy atom. The Morgan fingerprint density at radius 1 is 1.40 bits per heavy atom. The average molecular weight is 299 g/mol. The van der Waals surface area contributed by atoms with Gasteiger partial charge in [-0.2, -0.15) is 0 Å². The molecule has 0 saturated carbocycles. The Morgan fingerprint density at radius 2 is 2.15 bits per heavy atom. The molecule has 1 fully saturated rings. The number of halogens is 1. The van der Waals surface area contributed by atoms with Crippen molar-refractivity contribution in [1.82, 2.24) is 4.90 Å². The molecule has 1 aliphatic rings. The average Bonchev–Trinajstić information content (AvgIpc) is 2.48. The summed E-state index contributed by atoms with van der Waals surface area (Å²) in [5, 5.41) is 0. The molecule has 20 heavy (non-hydrogen) atoms. The molecular formula is C15H22FNO2S. The van der Waals surface area contributed by atoms with Crippen LogP contribution in [0.1, 0.15) is 18.1 Å². The van der Waals surface area contributed by atoms with Crippen LogP contribution in [0.3, 0.4) is 0 Å². The van der Waals surface area contributed by atoms with Gasteiger partial charge in [0, 0.05) is 19.6 Å². The van der Waals surface area contributed by atoms with Crippen LogP contribution in [0.2, 0.25) is 0 Å². The van der Waals surface area contributed by atoms with E-state index in [1.54, 1.807) is 13.0 Å². The van der Waals surface area contributed by atoms with Gasteiger partial charge in [0.15, 0.2) is 9.84 Å². The maximum atomic E-state index is 13.2. The minimum absolute atomic E-state index is 0.178. The SMILES string of the molecule is Cc1cc(CCN2CCS(=O)(=O)CC(C)C2)ccc1F. The molecule has 1 saturated heterocycles. The molecule has 1 aliphatic heterocycles. The lowest BCUT2D eigenvalue weighted by Gasteiger charge is -2.21. The summed E-state index contributed by atoms with van der Waals surface area (Å²) in [5.41, 5.74) is 1.76. The third-order valence-electron chi connectivity index (χ3n) is 3.77. The molecule has 0 aromatic heterocycles. The lowest BCUT2D eigenvalue weighted by Crippen LogP contribution is -2.31. The molecule has 1 aromatic rings. The van der Waals surface area contributed by atoms with Crippen molar-refractivity contribution >= 4 is 9.84 Å². The van der Waals surface area contributed by atoms with Gasteiger partial charge < -0.3 is 4.90 Å². The first-order chi connectivity index (χ1) is 9.35. The van der Waals surface area contributed by atoms with Gasteiger partial charge in [0.05, 0.1) is 11.5 Å². The van der Waals surface area contributed by atoms with Crippen LogP contribution in [0.5, 0.6) is 0 Å². The van der Waals surface area contributed by atoms with Crippen LogP contribution in [0.25, 0.3) is 0 Å². The predicted molar refractivity (Wildman–Crippen MR) is 79.1 cm³/mol. The van der Waals surface area contributed by atoms with Crippen molar-refractivity contribution in [2.75, 3.05) is 31.1 Å². The molecule has 1 aromatic carbocycles. The molecule has 1 unspecified atom stereocenters. The van der Waals surface area contributed by atoms with E-state index < -0.39 is 9.84 Å². The van der Waals surface area contributed by atoms with E-state index in [0.29, 0.717) is 17.9 Å². The quantitative estimate of drug-likeness (QED) is 0.857. The lowest BCUT2D eigenvalue weighted by atomic mass is 10.1. The van der Waals surface area contributed by atoms with Crippen LogP contribution in [0, 0.1) is 18.7 Å². The van der Waals surface area contributed by atoms with Crippen molar-refractivity contribution in [2.24, 2.45) is 5.92 Å². The van der Waals surface area contributed by atoms with Crippen LogP contribution in [0.15, 0.2) is 18.2 Å². The van der Waals surface area contributed by atoms with Gasteiger partial charge in [0.25, 0.3) is 0 Å². The lowest BCUT2D eigenvalue weighted by molar-refractivity contribution is 0.268. The molecule has 0 amide bonds. The molecule has 3 nitrogen and oxygen atoms in total. The Kier molecular flexibility index (Phi) is 4.81. The fourth-order valence-electron chi connectivity index (χ4n) is 2.72. The minimum Gasteiger partial charge on any atom is -0.302 e. The topological polar surface area (TPSA) is 37.4 Å². The zero-order valence-corrected chi connectivity index (χ0v) is 12.9. The number of benzene rings is 1. The molecule has 1 atom stereocenters. The Hall–Kier alpha value is -0.940. The summed E-state index contributed by atoms with van der Waals surface area (Å²) in [5.74, 6) is 0.541. The second-order valence-corrected chi connectivity index (χ2v) is 8.08. The summed E-state index contributed by atoms with van der Waals surface area (Å²) >= 11 is 0. The third kappa shape index (κ3) is 4.28. The van der Waals surface area contributed by atoms with Gasteiger partial charge >= 0.3 is 0 Å². The van der Waals surface area contributed by atoms with Gasteiger partial charge in [-0.1, -0.05) is 19.1 Å². The van der Waals surface area contributed by atoms with Crippen LogP contribution >= 0.6 is 0 Å². The highest BCUT2D eigenvalue weighted by Crippen LogP contribution is 2.13. The first-order valence-corrected chi connectivity index (χ1v) is 8.86. The van der Waals surface area contributed by atoms with Crippen LogP contribution in [0.4, 0.5) is 4.39 Å². The molecule has 112 valence electrons. The van der Waals surface area contributed by atoms with E-state index in [1.165, 1.54) is 6.07 Å². The zero-order valence-electron chi connectivity index (χ0n) is 12.1. The number of aryl methyl sites for hydroxylation is 1. The summed E-state index contributed by atoms with van der Waals surface area (Å²) in [4.78, 5) is 2.20. The van der Waals surface area contributed by atoms with E-state index in [-0.39, 0.29) is 17.5 Å². The smallest absolute Gasteiger partial charge is 0.151 e. The van der Waals surface area contributed by atoms with Crippen LogP contribution < -0.4 is 0 Å². The number of hydrogen-bond donors (Lipinski definition) is 0. The monoisotopic (exact) mass is 299 g/mol. The largest absolute Gasteiger partial charge is 0.302 e. The molecular weight excluding hydrogens is 277 g/mol. The predicted octanol–water partition coefficient (Wildman–Crippen LogP) is 2.04. The molecule has 2 rings (SSSR count). The summed E-state index contributed by atoms with van der Waals surface area (Å²) in [6.45, 7) is 5.99. The summed E-state index contributed by atoms with van der Waals surface area (Å²) in [6.07, 6.45) is 0.827. The Labute approximate surface area is 120 Å². The third-order valence-corrected chi connectivity index (χ3v) is 5.65. The normalized spacial score (nSPS) is 23.4. The minimum atomic E-state index is -2.89. The first-order valence-electron chi connectivity index (χ1n) is 7.03. The van der Waals surface area contributed by atoms with Crippen LogP contribution in [-0.4, -0.2) is 44.5 Å². The van der Waals surface area contributed by atoms with E-state index in [4.69, 9.17) is 0 Å². The molecule has 5 heteroatoms. The van der Waals surface area contributed by atoms with Gasteiger partial charge in [-0.25, -0.2) is 12.8 Å². The van der Waals surface area contributed by atoms with Gasteiger partial charge in [-0.05, 0) is 36.5 Å². The fraction of sp³-hybridized carbons (Fsp3) is 0.600. The van der Waals surface area contributed by atoms with Crippen molar-refractivity contribution in [3.05, 3.63) is 35.1 Å². The van der Waals surface area contributed by atoms with Crippen molar-refractivity contribution in [3.8, 4) is 0 Å². The summed E-state index contributed by atoms with van der Waals surface area (Å²) in [7, 11) is -2.89. The van der Waals surface area contributed by atoms with E-state index in [2.05, 4.69) is 4.90 Å². The van der Waals surface area contributed by atoms with Crippen molar-refractivity contribution in [3.63, 3.8) is 0 Å². The molecule has 1 heterocycles. The first kappa shape index (κ1) is 15.4.